The molecule has 0 radical (unpaired) electrons. The van der Waals surface area contributed by atoms with Crippen molar-refractivity contribution in [2.75, 3.05) is 0 Å². The molecule has 0 saturated carbocycles. The van der Waals surface area contributed by atoms with Crippen molar-refractivity contribution in [2.24, 2.45) is 0 Å². The number of fused-ring (bicyclic) bond motifs is 4. The van der Waals surface area contributed by atoms with Gasteiger partial charge in [-0.1, -0.05) is 179 Å². The number of para-hydroxylation sites is 4. The van der Waals surface area contributed by atoms with Crippen LogP contribution < -0.4 is 14.2 Å². The molecule has 0 bridgehead atoms. The Bertz CT molecular complexity index is 8730. The van der Waals surface area contributed by atoms with Gasteiger partial charge < -0.3 is 31.7 Å². The first kappa shape index (κ1) is 93.0. The van der Waals surface area contributed by atoms with Crippen LogP contribution in [0.4, 0.5) is 0 Å². The van der Waals surface area contributed by atoms with E-state index in [9.17, 15) is 33.7 Å². The number of nitrogens with zero attached hydrogens (tertiary/aromatic N) is 15. The highest BCUT2D eigenvalue weighted by molar-refractivity contribution is 7.91. The highest BCUT2D eigenvalue weighted by Gasteiger charge is 2.40. The maximum absolute atomic E-state index is 13.5. The number of aromatic nitrogens is 16. The van der Waals surface area contributed by atoms with Crippen molar-refractivity contribution in [1.29, 1.82) is 0 Å². The summed E-state index contributed by atoms with van der Waals surface area (Å²) in [5.41, 5.74) is 13.2. The van der Waals surface area contributed by atoms with Gasteiger partial charge in [0.1, 0.15) is 35.0 Å². The molecule has 0 fully saturated rings. The van der Waals surface area contributed by atoms with Gasteiger partial charge in [-0.25, -0.2) is 77.0 Å². The van der Waals surface area contributed by atoms with Gasteiger partial charge in [0.25, 0.3) is 40.1 Å². The largest absolute Gasteiger partial charge is 0.472 e. The van der Waals surface area contributed by atoms with Crippen LogP contribution in [0.3, 0.4) is 0 Å². The number of pyridine rings is 5. The fourth-order valence-corrected chi connectivity index (χ4v) is 23.2. The van der Waals surface area contributed by atoms with Gasteiger partial charge in [0, 0.05) is 173 Å². The molecule has 0 amide bonds. The van der Waals surface area contributed by atoms with Gasteiger partial charge in [0.2, 0.25) is 5.88 Å². The molecule has 23 rings (SSSR count). The number of furan rings is 3. The van der Waals surface area contributed by atoms with Gasteiger partial charge in [-0.2, -0.15) is 22.7 Å². The second-order valence-corrected chi connectivity index (χ2v) is 46.5. The topological polar surface area (TPSA) is 373 Å². The van der Waals surface area contributed by atoms with Crippen LogP contribution in [0.25, 0.3) is 133 Å². The third-order valence-corrected chi connectivity index (χ3v) is 36.1. The second-order valence-electron chi connectivity index (χ2n) is 34.2. The van der Waals surface area contributed by atoms with Crippen LogP contribution in [-0.4, -0.2) is 117 Å². The molecule has 0 saturated heterocycles. The minimum absolute atomic E-state index is 0.0352. The van der Waals surface area contributed by atoms with E-state index >= 15 is 0 Å². The molecule has 0 spiro atoms. The monoisotopic (exact) mass is 1980 g/mol. The van der Waals surface area contributed by atoms with Crippen LogP contribution in [0.15, 0.2) is 448 Å². The van der Waals surface area contributed by atoms with E-state index in [0.717, 1.165) is 82.3 Å². The van der Waals surface area contributed by atoms with E-state index in [1.165, 1.54) is 24.5 Å². The van der Waals surface area contributed by atoms with Crippen LogP contribution in [0.1, 0.15) is 20.8 Å². The Morgan fingerprint density at radius 1 is 0.322 bits per heavy atom. The van der Waals surface area contributed by atoms with E-state index < -0.39 is 48.3 Å². The van der Waals surface area contributed by atoms with E-state index in [2.05, 4.69) is 101 Å². The minimum atomic E-state index is -3.88. The molecule has 8 aromatic carbocycles. The lowest BCUT2D eigenvalue weighted by molar-refractivity contribution is 0.443. The predicted molar refractivity (Wildman–Crippen MR) is 547 cm³/mol. The molecule has 15 heterocycles. The smallest absolute Gasteiger partial charge is 0.321 e. The Morgan fingerprint density at radius 2 is 0.692 bits per heavy atom. The van der Waals surface area contributed by atoms with Crippen molar-refractivity contribution in [3.8, 4) is 124 Å². The zero-order chi connectivity index (χ0) is 98.6. The third kappa shape index (κ3) is 18.7. The van der Waals surface area contributed by atoms with E-state index in [-0.39, 0.29) is 30.6 Å². The molecule has 35 heteroatoms. The molecule has 0 aliphatic carbocycles. The Hall–Kier alpha value is -17.6. The number of hydrogen-bond acceptors (Lipinski definition) is 24. The first-order chi connectivity index (χ1) is 69.3. The molecule has 0 unspecified atom stereocenters. The van der Waals surface area contributed by atoms with Crippen molar-refractivity contribution < 1.29 is 61.1 Å². The summed E-state index contributed by atoms with van der Waals surface area (Å²) in [6.07, 6.45) is 32.4. The zero-order valence-corrected chi connectivity index (χ0v) is 81.1. The standard InChI is InChI=1S/C34H34N4O3SSi.C28H19N3O4S.C27H18N4O4S.C19H13N5O3S/c1-34(2,3)43(4,5)37-24-31(26-22-36-38(23-26)42(39,40)28-16-10-7-11-17-28)30-20-25(21-35-33(30)37)29-18-12-13-19-32(29)41-27-14-8-6-9-15-27;32-36(33,23-10-5-2-6-11-23)31-18-26(20-13-15-34-19-20)25-16-21(17-30-27(25)31)24-12-7-14-29-28(24)35-22-8-3-1-4-9-22;32-36(33,21-7-2-1-3-8-21)31-17-24(19-11-14-34-18-19)23-15-20(16-30-26(23)31)22-9-4-5-10-25(22)35-27-28-12-6-13-29-27;25-28(26,15-4-2-1-3-5-15)24-10-17(13-6-7-27-11-13)16-8-14(9-20-19(16)24)18-21-12-22-23-18/h6-24H,1-5H3;1-19H;1-18H;1-12H,(H,21,22,23). The van der Waals surface area contributed by atoms with Crippen LogP contribution in [0.2, 0.25) is 18.1 Å². The normalized spacial score (nSPS) is 11.9. The first-order valence-electron chi connectivity index (χ1n) is 44.6. The Morgan fingerprint density at radius 3 is 1.13 bits per heavy atom. The highest BCUT2D eigenvalue weighted by atomic mass is 32.2. The quantitative estimate of drug-likeness (QED) is 0.0581. The van der Waals surface area contributed by atoms with Crippen LogP contribution >= 0.6 is 0 Å². The average molecular weight is 1990 g/mol. The molecular formula is C108H84N16O14S4Si. The van der Waals surface area contributed by atoms with E-state index in [1.54, 1.807) is 245 Å². The Balaban J connectivity index is 0.000000118. The zero-order valence-electron chi connectivity index (χ0n) is 76.8. The second kappa shape index (κ2) is 39.0. The molecule has 1 N–H and O–H groups in total. The van der Waals surface area contributed by atoms with Crippen molar-refractivity contribution in [3.63, 3.8) is 0 Å². The van der Waals surface area contributed by atoms with Crippen LogP contribution in [0.5, 0.6) is 34.9 Å². The van der Waals surface area contributed by atoms with Crippen LogP contribution in [-0.2, 0) is 40.1 Å². The number of ether oxygens (including phenoxy) is 3. The van der Waals surface area contributed by atoms with E-state index in [0.29, 0.717) is 84.1 Å². The molecule has 0 aliphatic rings. The molecule has 23 aromatic rings. The molecule has 143 heavy (non-hydrogen) atoms. The van der Waals surface area contributed by atoms with Crippen LogP contribution in [0, 0.1) is 0 Å². The Kier molecular flexibility index (Phi) is 25.4. The lowest BCUT2D eigenvalue weighted by atomic mass is 10.0. The summed E-state index contributed by atoms with van der Waals surface area (Å²) in [4.78, 5) is 36.2. The summed E-state index contributed by atoms with van der Waals surface area (Å²) < 4.78 is 148. The number of hydrogen-bond donors (Lipinski definition) is 1. The van der Waals surface area contributed by atoms with Gasteiger partial charge in [-0.3, -0.25) is 5.10 Å². The lowest BCUT2D eigenvalue weighted by Gasteiger charge is -2.38. The first-order valence-corrected chi connectivity index (χ1v) is 53.3. The van der Waals surface area contributed by atoms with Gasteiger partial charge in [-0.05, 0) is 151 Å². The van der Waals surface area contributed by atoms with Gasteiger partial charge >= 0.3 is 6.01 Å². The van der Waals surface area contributed by atoms with E-state index in [4.69, 9.17) is 32.4 Å². The number of benzene rings is 8. The number of H-pyrrole nitrogens is 1. The maximum atomic E-state index is 13.5. The summed E-state index contributed by atoms with van der Waals surface area (Å²) in [5, 5.41) is 13.9. The summed E-state index contributed by atoms with van der Waals surface area (Å²) in [6, 6.07) is 86.4. The predicted octanol–water partition coefficient (Wildman–Crippen LogP) is 23.9. The van der Waals surface area contributed by atoms with Gasteiger partial charge in [-0.15, -0.1) is 0 Å². The lowest BCUT2D eigenvalue weighted by Crippen LogP contribution is -2.45. The van der Waals surface area contributed by atoms with Gasteiger partial charge in [0.05, 0.1) is 69.6 Å². The fraction of sp³-hybridized carbons (Fsp3) is 0.0556. The molecule has 0 atom stereocenters. The van der Waals surface area contributed by atoms with E-state index in [1.807, 2.05) is 146 Å². The molecule has 0 aliphatic heterocycles. The third-order valence-electron chi connectivity index (χ3n) is 24.3. The van der Waals surface area contributed by atoms with Crippen molar-refractivity contribution >= 4 is 92.5 Å². The summed E-state index contributed by atoms with van der Waals surface area (Å²) in [6.45, 7) is 11.5. The molecular weight excluding hydrogens is 1900 g/mol. The fourth-order valence-electron chi connectivity index (χ4n) is 16.1. The Labute approximate surface area is 821 Å². The van der Waals surface area contributed by atoms with Gasteiger partial charge in [0.15, 0.2) is 31.0 Å². The minimum Gasteiger partial charge on any atom is -0.472 e. The number of rotatable bonds is 23. The maximum Gasteiger partial charge on any atom is 0.321 e. The van der Waals surface area contributed by atoms with Crippen molar-refractivity contribution in [2.45, 2.75) is 58.5 Å². The molecule has 708 valence electrons. The highest BCUT2D eigenvalue weighted by Crippen LogP contribution is 2.46. The van der Waals surface area contributed by atoms with Crippen molar-refractivity contribution in [3.05, 3.63) is 416 Å². The SMILES string of the molecule is CC(C)(C)[Si](C)(C)n1cc(-c2cnn(S(=O)(=O)c3ccccc3)c2)c2cc(-c3ccccc3Oc3ccccc3)cnc21.O=S(=O)(c1ccccc1)n1cc(-c2ccoc2)c2cc(-c3ccccc3Oc3ncccn3)cnc21.O=S(=O)(c1ccccc1)n1cc(-c2ccoc2)c2cc(-c3cccnc3Oc3ccccc3)cnc21.O=S(=O)(c1ccccc1)n1cc(-c2ccoc2)c2cc(-c3ncn[nH]3)cnc21. The van der Waals surface area contributed by atoms with Crippen molar-refractivity contribution in [1.82, 2.24) is 75.4 Å². The molecule has 15 aromatic heterocycles. The summed E-state index contributed by atoms with van der Waals surface area (Å²) in [7, 11) is -17.5. The number of aromatic amines is 1. The summed E-state index contributed by atoms with van der Waals surface area (Å²) in [5.74, 6) is 3.65. The summed E-state index contributed by atoms with van der Waals surface area (Å²) >= 11 is 0. The average Bonchev–Trinajstić information content (AvgIpc) is 1.59. The molecule has 30 nitrogen and oxygen atoms in total. The number of nitrogens with one attached hydrogen (secondary N) is 1.